The van der Waals surface area contributed by atoms with Crippen LogP contribution in [-0.4, -0.2) is 37.2 Å². The molecule has 0 aromatic rings. The number of unbranched alkanes of at least 4 members (excludes halogenated alkanes) is 24. The van der Waals surface area contributed by atoms with Gasteiger partial charge in [0.1, 0.15) is 13.2 Å². The molecule has 0 amide bonds. The van der Waals surface area contributed by atoms with Gasteiger partial charge in [-0.2, -0.15) is 0 Å². The molecule has 51 heavy (non-hydrogen) atoms. The Labute approximate surface area is 317 Å². The number of carbonyl (C=O) groups excluding carboxylic acids is 3. The first-order chi connectivity index (χ1) is 24.7. The number of carbonyl (C=O) groups is 3. The van der Waals surface area contributed by atoms with Crippen LogP contribution in [0.3, 0.4) is 0 Å². The van der Waals surface area contributed by atoms with E-state index in [0.717, 1.165) is 69.6 Å². The van der Waals surface area contributed by atoms with Crippen molar-refractivity contribution in [3.8, 4) is 0 Å². The largest absolute Gasteiger partial charge is 0.462 e. The van der Waals surface area contributed by atoms with Gasteiger partial charge in [0.05, 0.1) is 0 Å². The Morgan fingerprint density at radius 1 is 0.373 bits per heavy atom. The van der Waals surface area contributed by atoms with E-state index in [1.54, 1.807) is 0 Å². The summed E-state index contributed by atoms with van der Waals surface area (Å²) >= 11 is 0. The topological polar surface area (TPSA) is 78.9 Å². The summed E-state index contributed by atoms with van der Waals surface area (Å²) < 4.78 is 16.6. The molecule has 302 valence electrons. The molecule has 0 spiro atoms. The van der Waals surface area contributed by atoms with E-state index < -0.39 is 6.10 Å². The second-order valence-electron chi connectivity index (χ2n) is 16.3. The van der Waals surface area contributed by atoms with Crippen molar-refractivity contribution in [2.45, 2.75) is 246 Å². The van der Waals surface area contributed by atoms with E-state index in [1.807, 2.05) is 0 Å². The smallest absolute Gasteiger partial charge is 0.306 e. The van der Waals surface area contributed by atoms with E-state index in [4.69, 9.17) is 14.2 Å². The first-order valence-electron chi connectivity index (χ1n) is 22.2. The van der Waals surface area contributed by atoms with Crippen molar-refractivity contribution in [3.63, 3.8) is 0 Å². The van der Waals surface area contributed by atoms with E-state index >= 15 is 0 Å². The third-order valence-electron chi connectivity index (χ3n) is 9.97. The van der Waals surface area contributed by atoms with Crippen LogP contribution < -0.4 is 0 Å². The van der Waals surface area contributed by atoms with Gasteiger partial charge in [-0.15, -0.1) is 0 Å². The molecule has 0 radical (unpaired) electrons. The molecule has 1 atom stereocenters. The van der Waals surface area contributed by atoms with Crippen LogP contribution in [0.5, 0.6) is 0 Å². The fourth-order valence-corrected chi connectivity index (χ4v) is 6.58. The molecule has 0 N–H and O–H groups in total. The van der Waals surface area contributed by atoms with Crippen molar-refractivity contribution >= 4 is 17.9 Å². The van der Waals surface area contributed by atoms with Crippen molar-refractivity contribution in [1.82, 2.24) is 0 Å². The summed E-state index contributed by atoms with van der Waals surface area (Å²) in [6.07, 6.45) is 35.3. The minimum absolute atomic E-state index is 0.0659. The number of rotatable bonds is 39. The number of esters is 3. The van der Waals surface area contributed by atoms with Crippen LogP contribution in [0.25, 0.3) is 0 Å². The highest BCUT2D eigenvalue weighted by Crippen LogP contribution is 2.16. The van der Waals surface area contributed by atoms with Crippen molar-refractivity contribution in [1.29, 1.82) is 0 Å². The first kappa shape index (κ1) is 49.4. The molecule has 0 fully saturated rings. The van der Waals surface area contributed by atoms with Gasteiger partial charge in [-0.1, -0.05) is 202 Å². The van der Waals surface area contributed by atoms with Crippen LogP contribution in [0.2, 0.25) is 0 Å². The van der Waals surface area contributed by atoms with Crippen LogP contribution in [-0.2, 0) is 28.6 Å². The molecule has 6 nitrogen and oxygen atoms in total. The summed E-state index contributed by atoms with van der Waals surface area (Å²) in [7, 11) is 0. The lowest BCUT2D eigenvalue weighted by Gasteiger charge is -2.18. The molecule has 0 aromatic carbocycles. The Bertz CT molecular complexity index is 779. The minimum Gasteiger partial charge on any atom is -0.462 e. The summed E-state index contributed by atoms with van der Waals surface area (Å²) in [5, 5.41) is 0. The third-order valence-corrected chi connectivity index (χ3v) is 9.97. The molecule has 0 saturated heterocycles. The Kier molecular flexibility index (Phi) is 37.0. The average Bonchev–Trinajstić information content (AvgIpc) is 3.09. The molecule has 0 saturated carbocycles. The van der Waals surface area contributed by atoms with Crippen molar-refractivity contribution in [2.75, 3.05) is 13.2 Å². The van der Waals surface area contributed by atoms with E-state index in [-0.39, 0.29) is 31.1 Å². The van der Waals surface area contributed by atoms with Gasteiger partial charge in [0, 0.05) is 19.3 Å². The highest BCUT2D eigenvalue weighted by atomic mass is 16.6. The van der Waals surface area contributed by atoms with Gasteiger partial charge in [0.25, 0.3) is 0 Å². The predicted molar refractivity (Wildman–Crippen MR) is 215 cm³/mol. The summed E-state index contributed by atoms with van der Waals surface area (Å²) in [5.41, 5.74) is 0. The molecular weight excluding hydrogens is 636 g/mol. The summed E-state index contributed by atoms with van der Waals surface area (Å²) in [6.45, 7) is 11.3. The maximum Gasteiger partial charge on any atom is 0.306 e. The molecule has 0 rings (SSSR count). The Morgan fingerprint density at radius 2 is 0.647 bits per heavy atom. The monoisotopic (exact) mass is 723 g/mol. The molecule has 0 heterocycles. The summed E-state index contributed by atoms with van der Waals surface area (Å²) in [6, 6.07) is 0. The lowest BCUT2D eigenvalue weighted by Crippen LogP contribution is -2.30. The maximum absolute atomic E-state index is 12.7. The second-order valence-corrected chi connectivity index (χ2v) is 16.3. The van der Waals surface area contributed by atoms with Gasteiger partial charge < -0.3 is 14.2 Å². The van der Waals surface area contributed by atoms with Crippen LogP contribution in [0.1, 0.15) is 240 Å². The van der Waals surface area contributed by atoms with E-state index in [9.17, 15) is 14.4 Å². The zero-order chi connectivity index (χ0) is 37.6. The average molecular weight is 723 g/mol. The number of hydrogen-bond donors (Lipinski definition) is 0. The molecule has 0 bridgehead atoms. The van der Waals surface area contributed by atoms with Crippen molar-refractivity contribution in [3.05, 3.63) is 0 Å². The van der Waals surface area contributed by atoms with Crippen molar-refractivity contribution in [2.24, 2.45) is 11.8 Å². The molecule has 0 unspecified atom stereocenters. The van der Waals surface area contributed by atoms with Gasteiger partial charge in [-0.05, 0) is 31.1 Å². The van der Waals surface area contributed by atoms with Gasteiger partial charge in [-0.25, -0.2) is 0 Å². The second kappa shape index (κ2) is 38.1. The maximum atomic E-state index is 12.7. The molecule has 0 aliphatic rings. The Morgan fingerprint density at radius 3 is 0.961 bits per heavy atom. The first-order valence-corrected chi connectivity index (χ1v) is 22.2. The summed E-state index contributed by atoms with van der Waals surface area (Å²) in [5.74, 6) is 0.762. The van der Waals surface area contributed by atoms with Crippen molar-refractivity contribution < 1.29 is 28.6 Å². The number of hydrogen-bond acceptors (Lipinski definition) is 6. The van der Waals surface area contributed by atoms with E-state index in [0.29, 0.717) is 19.3 Å². The lowest BCUT2D eigenvalue weighted by molar-refractivity contribution is -0.167. The van der Waals surface area contributed by atoms with Gasteiger partial charge >= 0.3 is 17.9 Å². The Balaban J connectivity index is 4.27. The molecule has 6 heteroatoms. The molecule has 0 aromatic heterocycles. The van der Waals surface area contributed by atoms with Gasteiger partial charge in [0.15, 0.2) is 6.10 Å². The van der Waals surface area contributed by atoms with Gasteiger partial charge in [-0.3, -0.25) is 14.4 Å². The summed E-state index contributed by atoms with van der Waals surface area (Å²) in [4.78, 5) is 37.5. The van der Waals surface area contributed by atoms with E-state index in [1.165, 1.54) is 128 Å². The normalized spacial score (nSPS) is 12.1. The predicted octanol–water partition coefficient (Wildman–Crippen LogP) is 13.8. The van der Waals surface area contributed by atoms with Crippen LogP contribution >= 0.6 is 0 Å². The SMILES string of the molecule is CCCCCCCCCC(=O)OC[C@H](COC(=O)CCCCCCCCCCC(C)C)OC(=O)CCCCCCCCCCCCCCC(C)C. The van der Waals surface area contributed by atoms with E-state index in [2.05, 4.69) is 34.6 Å². The number of ether oxygens (including phenoxy) is 3. The fraction of sp³-hybridized carbons (Fsp3) is 0.933. The molecular formula is C45H86O6. The quantitative estimate of drug-likeness (QED) is 0.0357. The fourth-order valence-electron chi connectivity index (χ4n) is 6.58. The molecule has 0 aliphatic heterocycles. The lowest BCUT2D eigenvalue weighted by atomic mass is 10.0. The van der Waals surface area contributed by atoms with Crippen LogP contribution in [0, 0.1) is 11.8 Å². The Hall–Kier alpha value is -1.59. The highest BCUT2D eigenvalue weighted by Gasteiger charge is 2.19. The zero-order valence-corrected chi connectivity index (χ0v) is 34.7. The van der Waals surface area contributed by atoms with Gasteiger partial charge in [0.2, 0.25) is 0 Å². The standard InChI is InChI=1S/C45H86O6/c1-6-7-8-9-18-25-30-35-43(46)49-38-42(39-50-44(47)36-31-26-21-17-16-20-24-29-34-41(4)5)51-45(48)37-32-27-22-15-13-11-10-12-14-19-23-28-33-40(2)3/h40-42H,6-39H2,1-5H3/t42-/m1/s1. The highest BCUT2D eigenvalue weighted by molar-refractivity contribution is 5.71. The zero-order valence-electron chi connectivity index (χ0n) is 34.7. The van der Waals surface area contributed by atoms with Crippen LogP contribution in [0.4, 0.5) is 0 Å². The minimum atomic E-state index is -0.759. The third kappa shape index (κ3) is 39.5. The molecule has 0 aliphatic carbocycles. The van der Waals surface area contributed by atoms with Crippen LogP contribution in [0.15, 0.2) is 0 Å².